The number of rotatable bonds is 2. The van der Waals surface area contributed by atoms with Crippen molar-refractivity contribution in [3.05, 3.63) is 47.8 Å². The zero-order chi connectivity index (χ0) is 14.1. The number of nitrogens with two attached hydrogens (primary N) is 1. The quantitative estimate of drug-likeness (QED) is 0.825. The zero-order valence-corrected chi connectivity index (χ0v) is 10.4. The number of fused-ring (bicyclic) bond motifs is 1. The van der Waals surface area contributed by atoms with Crippen LogP contribution < -0.4 is 20.5 Å². The topological polar surface area (TPSA) is 73.6 Å². The fourth-order valence-corrected chi connectivity index (χ4v) is 1.86. The number of nitrogen functional groups attached to an aromatic ring is 1. The van der Waals surface area contributed by atoms with Crippen LogP contribution in [0.25, 0.3) is 0 Å². The number of anilines is 2. The second-order valence-corrected chi connectivity index (χ2v) is 4.26. The van der Waals surface area contributed by atoms with Crippen molar-refractivity contribution in [1.29, 1.82) is 0 Å². The number of hydrogen-bond donors (Lipinski definition) is 2. The van der Waals surface area contributed by atoms with Crippen molar-refractivity contribution in [1.82, 2.24) is 0 Å². The van der Waals surface area contributed by atoms with Gasteiger partial charge in [0, 0.05) is 11.3 Å². The van der Waals surface area contributed by atoms with E-state index in [0.717, 1.165) is 6.07 Å². The minimum Gasteiger partial charge on any atom is -0.454 e. The molecule has 1 heterocycles. The van der Waals surface area contributed by atoms with Gasteiger partial charge < -0.3 is 20.5 Å². The number of benzene rings is 2. The van der Waals surface area contributed by atoms with E-state index in [2.05, 4.69) is 5.32 Å². The Kier molecular flexibility index (Phi) is 2.90. The molecule has 3 rings (SSSR count). The molecule has 1 aliphatic heterocycles. The van der Waals surface area contributed by atoms with Gasteiger partial charge in [-0.2, -0.15) is 0 Å². The minimum absolute atomic E-state index is 0.0712. The Morgan fingerprint density at radius 1 is 1.15 bits per heavy atom. The third-order valence-corrected chi connectivity index (χ3v) is 2.88. The second kappa shape index (κ2) is 4.73. The van der Waals surface area contributed by atoms with Crippen LogP contribution in [0, 0.1) is 5.82 Å². The number of carbonyl (C=O) groups excluding carboxylic acids is 1. The van der Waals surface area contributed by atoms with Crippen molar-refractivity contribution in [2.75, 3.05) is 17.8 Å². The molecular formula is C14H11FN2O3. The summed E-state index contributed by atoms with van der Waals surface area (Å²) in [6.45, 7) is 0.132. The Balaban J connectivity index is 1.82. The average Bonchev–Trinajstić information content (AvgIpc) is 2.89. The molecule has 20 heavy (non-hydrogen) atoms. The van der Waals surface area contributed by atoms with E-state index in [0.29, 0.717) is 22.7 Å². The Bertz CT molecular complexity index is 688. The van der Waals surface area contributed by atoms with Crippen molar-refractivity contribution < 1.29 is 18.7 Å². The maximum absolute atomic E-state index is 13.6. The van der Waals surface area contributed by atoms with Crippen molar-refractivity contribution in [3.63, 3.8) is 0 Å². The van der Waals surface area contributed by atoms with E-state index >= 15 is 0 Å². The van der Waals surface area contributed by atoms with E-state index in [4.69, 9.17) is 15.2 Å². The lowest BCUT2D eigenvalue weighted by Gasteiger charge is -2.07. The van der Waals surface area contributed by atoms with Gasteiger partial charge in [0.15, 0.2) is 11.5 Å². The number of carbonyl (C=O) groups is 1. The molecule has 0 atom stereocenters. The Hall–Kier alpha value is -2.76. The van der Waals surface area contributed by atoms with E-state index < -0.39 is 11.7 Å². The molecule has 0 fully saturated rings. The molecule has 0 aromatic heterocycles. The summed E-state index contributed by atoms with van der Waals surface area (Å²) in [5.41, 5.74) is 6.17. The van der Waals surface area contributed by atoms with E-state index in [1.165, 1.54) is 12.1 Å². The Labute approximate surface area is 114 Å². The molecule has 0 bridgehead atoms. The Morgan fingerprint density at radius 2 is 1.95 bits per heavy atom. The van der Waals surface area contributed by atoms with Crippen LogP contribution in [0.1, 0.15) is 10.4 Å². The fraction of sp³-hybridized carbons (Fsp3) is 0.0714. The van der Waals surface area contributed by atoms with Crippen LogP contribution in [0.15, 0.2) is 36.4 Å². The molecule has 3 N–H and O–H groups in total. The number of amides is 1. The zero-order valence-electron chi connectivity index (χ0n) is 10.4. The lowest BCUT2D eigenvalue weighted by molar-refractivity contribution is 0.102. The summed E-state index contributed by atoms with van der Waals surface area (Å²) >= 11 is 0. The van der Waals surface area contributed by atoms with Crippen molar-refractivity contribution in [3.8, 4) is 11.5 Å². The molecule has 2 aromatic rings. The highest BCUT2D eigenvalue weighted by molar-refractivity contribution is 6.04. The van der Waals surface area contributed by atoms with E-state index in [1.807, 2.05) is 0 Å². The summed E-state index contributed by atoms with van der Waals surface area (Å²) < 4.78 is 23.9. The van der Waals surface area contributed by atoms with Gasteiger partial charge in [-0.1, -0.05) is 0 Å². The predicted molar refractivity (Wildman–Crippen MR) is 71.3 cm³/mol. The van der Waals surface area contributed by atoms with Crippen LogP contribution >= 0.6 is 0 Å². The first-order valence-corrected chi connectivity index (χ1v) is 5.89. The second-order valence-electron chi connectivity index (χ2n) is 4.26. The highest BCUT2D eigenvalue weighted by atomic mass is 19.1. The van der Waals surface area contributed by atoms with Crippen LogP contribution in [0.4, 0.5) is 15.8 Å². The molecule has 2 aromatic carbocycles. The summed E-state index contributed by atoms with van der Waals surface area (Å²) in [4.78, 5) is 12.0. The largest absolute Gasteiger partial charge is 0.454 e. The van der Waals surface area contributed by atoms with Crippen molar-refractivity contribution in [2.45, 2.75) is 0 Å². The lowest BCUT2D eigenvalue weighted by atomic mass is 10.2. The van der Waals surface area contributed by atoms with Crippen LogP contribution in [0.2, 0.25) is 0 Å². The molecule has 0 spiro atoms. The molecule has 0 unspecified atom stereocenters. The molecule has 0 radical (unpaired) electrons. The summed E-state index contributed by atoms with van der Waals surface area (Å²) in [6, 6.07) is 8.84. The highest BCUT2D eigenvalue weighted by Gasteiger charge is 2.17. The molecule has 6 heteroatoms. The molecule has 102 valence electrons. The Morgan fingerprint density at radius 3 is 2.75 bits per heavy atom. The van der Waals surface area contributed by atoms with Crippen LogP contribution in [-0.4, -0.2) is 12.7 Å². The van der Waals surface area contributed by atoms with Gasteiger partial charge in [-0.15, -0.1) is 0 Å². The van der Waals surface area contributed by atoms with Gasteiger partial charge in [0.05, 0.1) is 5.69 Å². The molecule has 1 aliphatic rings. The smallest absolute Gasteiger partial charge is 0.255 e. The van der Waals surface area contributed by atoms with Gasteiger partial charge in [-0.3, -0.25) is 4.79 Å². The first-order chi connectivity index (χ1) is 9.63. The standard InChI is InChI=1S/C14H11FN2O3/c15-10-6-9(16)2-3-11(10)17-14(18)8-1-4-12-13(5-8)20-7-19-12/h1-6H,7,16H2,(H,17,18). The molecule has 0 saturated heterocycles. The van der Waals surface area contributed by atoms with Gasteiger partial charge >= 0.3 is 0 Å². The molecular weight excluding hydrogens is 263 g/mol. The monoisotopic (exact) mass is 274 g/mol. The number of halogens is 1. The third-order valence-electron chi connectivity index (χ3n) is 2.88. The molecule has 0 saturated carbocycles. The van der Waals surface area contributed by atoms with Crippen molar-refractivity contribution in [2.24, 2.45) is 0 Å². The summed E-state index contributed by atoms with van der Waals surface area (Å²) in [7, 11) is 0. The third kappa shape index (κ3) is 2.23. The van der Waals surface area contributed by atoms with E-state index in [9.17, 15) is 9.18 Å². The summed E-state index contributed by atoms with van der Waals surface area (Å²) in [5, 5.41) is 2.48. The van der Waals surface area contributed by atoms with Gasteiger partial charge in [0.25, 0.3) is 5.91 Å². The van der Waals surface area contributed by atoms with E-state index in [-0.39, 0.29) is 12.5 Å². The predicted octanol–water partition coefficient (Wildman–Crippen LogP) is 2.39. The summed E-state index contributed by atoms with van der Waals surface area (Å²) in [6.07, 6.45) is 0. The first-order valence-electron chi connectivity index (χ1n) is 5.89. The summed E-state index contributed by atoms with van der Waals surface area (Å²) in [5.74, 6) is 0.0571. The maximum atomic E-state index is 13.6. The number of ether oxygens (including phenoxy) is 2. The van der Waals surface area contributed by atoms with Crippen LogP contribution in [-0.2, 0) is 0 Å². The molecule has 1 amide bonds. The van der Waals surface area contributed by atoms with Gasteiger partial charge in [0.1, 0.15) is 5.82 Å². The van der Waals surface area contributed by atoms with Gasteiger partial charge in [0.2, 0.25) is 6.79 Å². The minimum atomic E-state index is -0.584. The normalized spacial score (nSPS) is 12.2. The fourth-order valence-electron chi connectivity index (χ4n) is 1.86. The lowest BCUT2D eigenvalue weighted by Crippen LogP contribution is -2.13. The van der Waals surface area contributed by atoms with Crippen LogP contribution in [0.3, 0.4) is 0 Å². The van der Waals surface area contributed by atoms with Gasteiger partial charge in [-0.05, 0) is 36.4 Å². The maximum Gasteiger partial charge on any atom is 0.255 e. The van der Waals surface area contributed by atoms with Crippen molar-refractivity contribution >= 4 is 17.3 Å². The highest BCUT2D eigenvalue weighted by Crippen LogP contribution is 2.32. The average molecular weight is 274 g/mol. The van der Waals surface area contributed by atoms with Gasteiger partial charge in [-0.25, -0.2) is 4.39 Å². The molecule has 0 aliphatic carbocycles. The molecule has 5 nitrogen and oxygen atoms in total. The first kappa shape index (κ1) is 12.3. The number of hydrogen-bond acceptors (Lipinski definition) is 4. The number of nitrogens with one attached hydrogen (secondary N) is 1. The van der Waals surface area contributed by atoms with E-state index in [1.54, 1.807) is 18.2 Å². The van der Waals surface area contributed by atoms with Crippen LogP contribution in [0.5, 0.6) is 11.5 Å². The SMILES string of the molecule is Nc1ccc(NC(=O)c2ccc3c(c2)OCO3)c(F)c1.